The minimum absolute atomic E-state index is 0.0980. The van der Waals surface area contributed by atoms with Gasteiger partial charge in [0, 0.05) is 18.0 Å². The Morgan fingerprint density at radius 3 is 3.05 bits per heavy atom. The van der Waals surface area contributed by atoms with Crippen LogP contribution in [-0.2, 0) is 13.1 Å². The Hall–Kier alpha value is -1.73. The van der Waals surface area contributed by atoms with Crippen LogP contribution in [0.1, 0.15) is 22.3 Å². The Morgan fingerprint density at radius 1 is 1.58 bits per heavy atom. The zero-order valence-corrected chi connectivity index (χ0v) is 11.6. The maximum absolute atomic E-state index is 12.3. The fourth-order valence-corrected chi connectivity index (χ4v) is 2.44. The van der Waals surface area contributed by atoms with Crippen LogP contribution in [0.4, 0.5) is 0 Å². The van der Waals surface area contributed by atoms with E-state index in [2.05, 4.69) is 10.3 Å². The van der Waals surface area contributed by atoms with Gasteiger partial charge in [0.05, 0.1) is 19.3 Å². The Labute approximate surface area is 115 Å². The first-order valence-electron chi connectivity index (χ1n) is 6.16. The quantitative estimate of drug-likeness (QED) is 0.854. The molecule has 0 radical (unpaired) electrons. The van der Waals surface area contributed by atoms with Gasteiger partial charge in [-0.15, -0.1) is 16.4 Å². The first-order valence-corrected chi connectivity index (χ1v) is 7.04. The molecule has 19 heavy (non-hydrogen) atoms. The third-order valence-corrected chi connectivity index (χ3v) is 3.57. The van der Waals surface area contributed by atoms with Gasteiger partial charge in [-0.2, -0.15) is 0 Å². The second kappa shape index (κ2) is 6.44. The Balaban J connectivity index is 2.06. The van der Waals surface area contributed by atoms with Crippen molar-refractivity contribution >= 4 is 17.2 Å². The molecule has 0 saturated carbocycles. The zero-order valence-electron chi connectivity index (χ0n) is 10.8. The molecule has 2 heterocycles. The minimum atomic E-state index is -0.0980. The number of carbonyl (C=O) groups is 1. The van der Waals surface area contributed by atoms with Gasteiger partial charge in [0.2, 0.25) is 0 Å². The molecule has 0 atom stereocenters. The summed E-state index contributed by atoms with van der Waals surface area (Å²) >= 11 is 1.64. The molecule has 2 N–H and O–H groups in total. The largest absolute Gasteiger partial charge is 0.332 e. The lowest BCUT2D eigenvalue weighted by Gasteiger charge is -2.18. The van der Waals surface area contributed by atoms with Crippen molar-refractivity contribution in [3.63, 3.8) is 0 Å². The third kappa shape index (κ3) is 3.39. The van der Waals surface area contributed by atoms with E-state index in [4.69, 9.17) is 5.73 Å². The summed E-state index contributed by atoms with van der Waals surface area (Å²) in [5.41, 5.74) is 5.81. The number of nitrogens with two attached hydrogens (primary N) is 1. The predicted molar refractivity (Wildman–Crippen MR) is 73.8 cm³/mol. The minimum Gasteiger partial charge on any atom is -0.332 e. The van der Waals surface area contributed by atoms with E-state index in [1.807, 2.05) is 24.4 Å². The van der Waals surface area contributed by atoms with Crippen molar-refractivity contribution in [1.29, 1.82) is 0 Å². The fraction of sp³-hybridized carbons (Fsp3) is 0.417. The fourth-order valence-electron chi connectivity index (χ4n) is 1.72. The van der Waals surface area contributed by atoms with Crippen LogP contribution in [0.25, 0.3) is 0 Å². The summed E-state index contributed by atoms with van der Waals surface area (Å²) in [5.74, 6) is -0.0980. The van der Waals surface area contributed by atoms with E-state index in [1.54, 1.807) is 27.1 Å². The van der Waals surface area contributed by atoms with Gasteiger partial charge >= 0.3 is 0 Å². The molecule has 0 aliphatic heterocycles. The first kappa shape index (κ1) is 13.7. The lowest BCUT2D eigenvalue weighted by molar-refractivity contribution is 0.0748. The molecule has 0 saturated heterocycles. The Kier molecular flexibility index (Phi) is 4.64. The first-order chi connectivity index (χ1) is 9.24. The van der Waals surface area contributed by atoms with E-state index in [9.17, 15) is 4.79 Å². The van der Waals surface area contributed by atoms with Crippen LogP contribution in [-0.4, -0.2) is 38.9 Å². The summed E-state index contributed by atoms with van der Waals surface area (Å²) < 4.78 is 1.59. The molecular weight excluding hydrogens is 262 g/mol. The predicted octanol–water partition coefficient (Wildman–Crippen LogP) is 0.961. The van der Waals surface area contributed by atoms with Crippen LogP contribution in [0, 0.1) is 0 Å². The average Bonchev–Trinajstić information content (AvgIpc) is 3.06. The second-order valence-corrected chi connectivity index (χ2v) is 5.09. The van der Waals surface area contributed by atoms with Gasteiger partial charge in [-0.05, 0) is 18.4 Å². The maximum atomic E-state index is 12.3. The second-order valence-electron chi connectivity index (χ2n) is 4.05. The molecule has 0 aliphatic rings. The summed E-state index contributed by atoms with van der Waals surface area (Å²) in [7, 11) is 0. The van der Waals surface area contributed by atoms with Gasteiger partial charge in [-0.25, -0.2) is 0 Å². The number of aromatic nitrogens is 3. The molecule has 0 unspecified atom stereocenters. The Bertz CT molecular complexity index is 522. The van der Waals surface area contributed by atoms with Gasteiger partial charge in [-0.3, -0.25) is 9.48 Å². The lowest BCUT2D eigenvalue weighted by Crippen LogP contribution is -2.30. The maximum Gasteiger partial charge on any atom is 0.276 e. The molecule has 1 amide bonds. The normalized spacial score (nSPS) is 10.6. The summed E-state index contributed by atoms with van der Waals surface area (Å²) in [6, 6.07) is 4.00. The summed E-state index contributed by atoms with van der Waals surface area (Å²) in [6.45, 7) is 4.24. The van der Waals surface area contributed by atoms with Crippen LogP contribution < -0.4 is 5.73 Å². The summed E-state index contributed by atoms with van der Waals surface area (Å²) in [5, 5.41) is 9.79. The van der Waals surface area contributed by atoms with Crippen molar-refractivity contribution in [2.24, 2.45) is 5.73 Å². The number of hydrogen-bond donors (Lipinski definition) is 1. The molecule has 2 aromatic rings. The average molecular weight is 279 g/mol. The number of carbonyl (C=O) groups excluding carboxylic acids is 1. The lowest BCUT2D eigenvalue weighted by atomic mass is 10.3. The van der Waals surface area contributed by atoms with Gasteiger partial charge in [0.25, 0.3) is 5.91 Å². The zero-order chi connectivity index (χ0) is 13.7. The highest BCUT2D eigenvalue weighted by molar-refractivity contribution is 7.09. The standard InChI is InChI=1S/C12H17N5OS/c1-2-16(8-10-4-3-7-19-10)12(18)11-9-17(6-5-13)15-14-11/h3-4,7,9H,2,5-6,8,13H2,1H3. The number of rotatable bonds is 6. The van der Waals surface area contributed by atoms with Gasteiger partial charge in [-0.1, -0.05) is 11.3 Å². The van der Waals surface area contributed by atoms with E-state index in [0.717, 1.165) is 4.88 Å². The molecule has 6 nitrogen and oxygen atoms in total. The van der Waals surface area contributed by atoms with Crippen LogP contribution in [0.5, 0.6) is 0 Å². The smallest absolute Gasteiger partial charge is 0.276 e. The highest BCUT2D eigenvalue weighted by Gasteiger charge is 2.18. The van der Waals surface area contributed by atoms with Crippen molar-refractivity contribution in [2.45, 2.75) is 20.0 Å². The van der Waals surface area contributed by atoms with Crippen molar-refractivity contribution in [3.8, 4) is 0 Å². The Morgan fingerprint density at radius 2 is 2.42 bits per heavy atom. The third-order valence-electron chi connectivity index (χ3n) is 2.71. The number of nitrogens with zero attached hydrogens (tertiary/aromatic N) is 4. The van der Waals surface area contributed by atoms with Crippen molar-refractivity contribution < 1.29 is 4.79 Å². The SMILES string of the molecule is CCN(Cc1cccs1)C(=O)c1cn(CCN)nn1. The highest BCUT2D eigenvalue weighted by Crippen LogP contribution is 2.13. The monoisotopic (exact) mass is 279 g/mol. The van der Waals surface area contributed by atoms with Crippen LogP contribution in [0.3, 0.4) is 0 Å². The van der Waals surface area contributed by atoms with E-state index >= 15 is 0 Å². The van der Waals surface area contributed by atoms with E-state index in [-0.39, 0.29) is 5.91 Å². The van der Waals surface area contributed by atoms with Crippen LogP contribution in [0.15, 0.2) is 23.7 Å². The summed E-state index contributed by atoms with van der Waals surface area (Å²) in [4.78, 5) is 15.2. The summed E-state index contributed by atoms with van der Waals surface area (Å²) in [6.07, 6.45) is 1.65. The van der Waals surface area contributed by atoms with E-state index < -0.39 is 0 Å². The molecule has 102 valence electrons. The molecule has 0 spiro atoms. The van der Waals surface area contributed by atoms with Crippen LogP contribution in [0.2, 0.25) is 0 Å². The van der Waals surface area contributed by atoms with Crippen molar-refractivity contribution in [2.75, 3.05) is 13.1 Å². The highest BCUT2D eigenvalue weighted by atomic mass is 32.1. The number of hydrogen-bond acceptors (Lipinski definition) is 5. The molecular formula is C12H17N5OS. The number of thiophene rings is 1. The molecule has 2 rings (SSSR count). The topological polar surface area (TPSA) is 77.0 Å². The van der Waals surface area contributed by atoms with Gasteiger partial charge < -0.3 is 10.6 Å². The number of amides is 1. The van der Waals surface area contributed by atoms with Gasteiger partial charge in [0.15, 0.2) is 5.69 Å². The molecule has 0 aromatic carbocycles. The van der Waals surface area contributed by atoms with Crippen molar-refractivity contribution in [1.82, 2.24) is 19.9 Å². The molecule has 0 bridgehead atoms. The van der Waals surface area contributed by atoms with Gasteiger partial charge in [0.1, 0.15) is 0 Å². The van der Waals surface area contributed by atoms with Crippen molar-refractivity contribution in [3.05, 3.63) is 34.3 Å². The van der Waals surface area contributed by atoms with Crippen LogP contribution >= 0.6 is 11.3 Å². The van der Waals surface area contributed by atoms with E-state index in [0.29, 0.717) is 31.9 Å². The van der Waals surface area contributed by atoms with E-state index in [1.165, 1.54) is 0 Å². The molecule has 0 aliphatic carbocycles. The molecule has 7 heteroatoms. The molecule has 2 aromatic heterocycles. The molecule has 0 fully saturated rings.